The molecule has 0 spiro atoms. The van der Waals surface area contributed by atoms with Crippen molar-refractivity contribution in [3.05, 3.63) is 41.5 Å². The van der Waals surface area contributed by atoms with E-state index in [0.29, 0.717) is 0 Å². The minimum atomic E-state index is 1.07. The first-order chi connectivity index (χ1) is 8.93. The predicted molar refractivity (Wildman–Crippen MR) is 74.2 cm³/mol. The van der Waals surface area contributed by atoms with Gasteiger partial charge in [0.1, 0.15) is 0 Å². The van der Waals surface area contributed by atoms with Crippen LogP contribution in [0.15, 0.2) is 30.3 Å². The number of hydrogen-bond donors (Lipinski definition) is 3. The van der Waals surface area contributed by atoms with Crippen molar-refractivity contribution in [1.82, 2.24) is 10.6 Å². The van der Waals surface area contributed by atoms with Crippen LogP contribution in [0.25, 0.3) is 5.70 Å². The van der Waals surface area contributed by atoms with E-state index in [2.05, 4.69) is 46.0 Å². The van der Waals surface area contributed by atoms with Crippen LogP contribution in [0.4, 0.5) is 0 Å². The third-order valence-electron chi connectivity index (χ3n) is 3.49. The Hall–Kier alpha value is -1.77. The molecule has 0 atom stereocenters. The van der Waals surface area contributed by atoms with Crippen LogP contribution in [0, 0.1) is 0 Å². The summed E-state index contributed by atoms with van der Waals surface area (Å²) in [6.07, 6.45) is 5.92. The van der Waals surface area contributed by atoms with Gasteiger partial charge in [-0.1, -0.05) is 18.2 Å². The third kappa shape index (κ3) is 2.40. The third-order valence-corrected chi connectivity index (χ3v) is 3.49. The summed E-state index contributed by atoms with van der Waals surface area (Å²) in [4.78, 5) is 3.41. The SMILES string of the molecule is C1=C(c2ccc(C3=[NH+]CCCN3)cc2)NCCC1. The van der Waals surface area contributed by atoms with Crippen LogP contribution in [0.2, 0.25) is 0 Å². The van der Waals surface area contributed by atoms with Gasteiger partial charge in [0.05, 0.1) is 18.7 Å². The van der Waals surface area contributed by atoms with E-state index in [1.807, 2.05) is 0 Å². The van der Waals surface area contributed by atoms with Gasteiger partial charge in [-0.05, 0) is 30.5 Å². The Morgan fingerprint density at radius 2 is 1.67 bits per heavy atom. The molecule has 18 heavy (non-hydrogen) atoms. The summed E-state index contributed by atoms with van der Waals surface area (Å²) in [5.41, 5.74) is 3.81. The number of rotatable bonds is 2. The molecule has 0 bridgehead atoms. The molecule has 0 unspecified atom stereocenters. The highest BCUT2D eigenvalue weighted by molar-refractivity contribution is 5.94. The van der Waals surface area contributed by atoms with Gasteiger partial charge in [0.2, 0.25) is 0 Å². The van der Waals surface area contributed by atoms with Crippen molar-refractivity contribution >= 4 is 11.5 Å². The van der Waals surface area contributed by atoms with Crippen molar-refractivity contribution < 1.29 is 4.99 Å². The molecule has 0 saturated carbocycles. The number of hydrogen-bond acceptors (Lipinski definition) is 2. The van der Waals surface area contributed by atoms with Crippen LogP contribution in [-0.2, 0) is 0 Å². The lowest BCUT2D eigenvalue weighted by Gasteiger charge is -2.16. The summed E-state index contributed by atoms with van der Waals surface area (Å²) in [6, 6.07) is 8.77. The van der Waals surface area contributed by atoms with E-state index >= 15 is 0 Å². The molecule has 3 N–H and O–H groups in total. The summed E-state index contributed by atoms with van der Waals surface area (Å²) in [5, 5.41) is 6.87. The summed E-state index contributed by atoms with van der Waals surface area (Å²) in [5.74, 6) is 1.17. The molecule has 2 aliphatic heterocycles. The van der Waals surface area contributed by atoms with E-state index in [1.54, 1.807) is 0 Å². The van der Waals surface area contributed by atoms with Crippen LogP contribution < -0.4 is 15.6 Å². The molecule has 3 rings (SSSR count). The van der Waals surface area contributed by atoms with E-state index < -0.39 is 0 Å². The average Bonchev–Trinajstić information content (AvgIpc) is 2.49. The second kappa shape index (κ2) is 5.25. The summed E-state index contributed by atoms with van der Waals surface area (Å²) < 4.78 is 0. The number of benzene rings is 1. The van der Waals surface area contributed by atoms with E-state index in [4.69, 9.17) is 0 Å². The van der Waals surface area contributed by atoms with Gasteiger partial charge >= 0.3 is 0 Å². The fourth-order valence-corrected chi connectivity index (χ4v) is 2.46. The van der Waals surface area contributed by atoms with Gasteiger partial charge in [-0.15, -0.1) is 0 Å². The molecular weight excluding hydrogens is 222 g/mol. The van der Waals surface area contributed by atoms with Gasteiger partial charge in [-0.3, -0.25) is 10.3 Å². The molecule has 94 valence electrons. The molecule has 3 nitrogen and oxygen atoms in total. The number of amidine groups is 1. The Bertz CT molecular complexity index is 426. The lowest BCUT2D eigenvalue weighted by Crippen LogP contribution is -2.79. The topological polar surface area (TPSA) is 38.0 Å². The second-order valence-corrected chi connectivity index (χ2v) is 4.85. The van der Waals surface area contributed by atoms with E-state index in [-0.39, 0.29) is 0 Å². The average molecular weight is 242 g/mol. The van der Waals surface area contributed by atoms with E-state index in [1.165, 1.54) is 41.9 Å². The predicted octanol–water partition coefficient (Wildman–Crippen LogP) is 0.231. The van der Waals surface area contributed by atoms with Crippen LogP contribution in [-0.4, -0.2) is 25.5 Å². The first-order valence-electron chi connectivity index (χ1n) is 6.83. The Kier molecular flexibility index (Phi) is 3.31. The molecule has 0 radical (unpaired) electrons. The van der Waals surface area contributed by atoms with E-state index in [0.717, 1.165) is 19.6 Å². The lowest BCUT2D eigenvalue weighted by atomic mass is 10.0. The minimum Gasteiger partial charge on any atom is -0.385 e. The zero-order valence-corrected chi connectivity index (χ0v) is 10.6. The van der Waals surface area contributed by atoms with Crippen LogP contribution in [0.5, 0.6) is 0 Å². The van der Waals surface area contributed by atoms with Gasteiger partial charge in [-0.25, -0.2) is 0 Å². The fourth-order valence-electron chi connectivity index (χ4n) is 2.46. The highest BCUT2D eigenvalue weighted by Crippen LogP contribution is 2.16. The number of nitrogens with one attached hydrogen (secondary N) is 3. The first kappa shape index (κ1) is 11.3. The normalized spacial score (nSPS) is 19.3. The zero-order chi connectivity index (χ0) is 12.2. The molecule has 1 aromatic rings. The Morgan fingerprint density at radius 1 is 0.889 bits per heavy atom. The monoisotopic (exact) mass is 242 g/mol. The van der Waals surface area contributed by atoms with Crippen molar-refractivity contribution in [2.45, 2.75) is 19.3 Å². The van der Waals surface area contributed by atoms with Gasteiger partial charge < -0.3 is 5.32 Å². The summed E-state index contributed by atoms with van der Waals surface area (Å²) in [7, 11) is 0. The highest BCUT2D eigenvalue weighted by atomic mass is 15.0. The van der Waals surface area contributed by atoms with Crippen molar-refractivity contribution in [3.63, 3.8) is 0 Å². The first-order valence-corrected chi connectivity index (χ1v) is 6.83. The fraction of sp³-hybridized carbons (Fsp3) is 0.400. The Balaban J connectivity index is 1.80. The molecule has 2 aliphatic rings. The van der Waals surface area contributed by atoms with Crippen LogP contribution in [0.3, 0.4) is 0 Å². The quantitative estimate of drug-likeness (QED) is 0.695. The maximum atomic E-state index is 3.46. The van der Waals surface area contributed by atoms with Gasteiger partial charge in [0.15, 0.2) is 0 Å². The van der Waals surface area contributed by atoms with Crippen molar-refractivity contribution in [2.75, 3.05) is 19.6 Å². The van der Waals surface area contributed by atoms with Gasteiger partial charge in [0.25, 0.3) is 5.84 Å². The highest BCUT2D eigenvalue weighted by Gasteiger charge is 2.13. The van der Waals surface area contributed by atoms with Gasteiger partial charge in [0, 0.05) is 18.7 Å². The van der Waals surface area contributed by atoms with Crippen molar-refractivity contribution in [1.29, 1.82) is 0 Å². The zero-order valence-electron chi connectivity index (χ0n) is 10.6. The standard InChI is InChI=1S/C15H19N3/c1-2-9-16-14(4-1)12-5-7-13(8-6-12)15-17-10-3-11-18-15/h4-8,16H,1-3,9-11H2,(H,17,18)/p+1. The Labute approximate surface area is 108 Å². The summed E-state index contributed by atoms with van der Waals surface area (Å²) >= 11 is 0. The van der Waals surface area contributed by atoms with Crippen LogP contribution in [0.1, 0.15) is 30.4 Å². The largest absolute Gasteiger partial charge is 0.385 e. The summed E-state index contributed by atoms with van der Waals surface area (Å²) in [6.45, 7) is 3.22. The molecular formula is C15H20N3+. The molecule has 3 heteroatoms. The molecule has 0 saturated heterocycles. The van der Waals surface area contributed by atoms with Gasteiger partial charge in [-0.2, -0.15) is 0 Å². The van der Waals surface area contributed by atoms with Crippen molar-refractivity contribution in [3.8, 4) is 0 Å². The maximum absolute atomic E-state index is 3.46. The van der Waals surface area contributed by atoms with Crippen molar-refractivity contribution in [2.24, 2.45) is 0 Å². The van der Waals surface area contributed by atoms with E-state index in [9.17, 15) is 0 Å². The molecule has 1 aromatic carbocycles. The second-order valence-electron chi connectivity index (χ2n) is 4.85. The smallest absolute Gasteiger partial charge is 0.274 e. The molecule has 0 aromatic heterocycles. The number of allylic oxidation sites excluding steroid dienone is 1. The molecule has 0 amide bonds. The maximum Gasteiger partial charge on any atom is 0.274 e. The molecule has 0 aliphatic carbocycles. The molecule has 2 heterocycles. The van der Waals surface area contributed by atoms with Crippen LogP contribution >= 0.6 is 0 Å². The lowest BCUT2D eigenvalue weighted by molar-refractivity contribution is -0.463. The molecule has 0 fully saturated rings. The minimum absolute atomic E-state index is 1.07. The Morgan fingerprint density at radius 3 is 2.33 bits per heavy atom.